The molecular formula is C17H25N3. The van der Waals surface area contributed by atoms with E-state index < -0.39 is 0 Å². The van der Waals surface area contributed by atoms with Gasteiger partial charge in [0.05, 0.1) is 6.20 Å². The smallest absolute Gasteiger partial charge is 0.113 e. The Bertz CT molecular complexity index is 516. The number of nitrogens with zero attached hydrogens (tertiary/aromatic N) is 3. The quantitative estimate of drug-likeness (QED) is 0.656. The summed E-state index contributed by atoms with van der Waals surface area (Å²) in [7, 11) is 0. The molecule has 0 saturated carbocycles. The highest BCUT2D eigenvalue weighted by atomic mass is 15.4. The van der Waals surface area contributed by atoms with E-state index in [1.807, 2.05) is 4.68 Å². The molecule has 3 nitrogen and oxygen atoms in total. The number of hydrogen-bond donors (Lipinski definition) is 0. The van der Waals surface area contributed by atoms with Crippen LogP contribution in [0.2, 0.25) is 0 Å². The van der Waals surface area contributed by atoms with Crippen molar-refractivity contribution in [3.8, 4) is 11.3 Å². The normalized spacial score (nSPS) is 10.9. The molecule has 2 aromatic rings. The van der Waals surface area contributed by atoms with Crippen LogP contribution < -0.4 is 0 Å². The fourth-order valence-corrected chi connectivity index (χ4v) is 2.45. The lowest BCUT2D eigenvalue weighted by Gasteiger charge is -2.01. The van der Waals surface area contributed by atoms with Gasteiger partial charge in [0, 0.05) is 12.1 Å². The monoisotopic (exact) mass is 271 g/mol. The summed E-state index contributed by atoms with van der Waals surface area (Å²) < 4.78 is 1.97. The van der Waals surface area contributed by atoms with E-state index in [0.717, 1.165) is 12.2 Å². The Morgan fingerprint density at radius 3 is 2.55 bits per heavy atom. The van der Waals surface area contributed by atoms with Crippen LogP contribution in [0.25, 0.3) is 11.3 Å². The summed E-state index contributed by atoms with van der Waals surface area (Å²) in [5.74, 6) is 0. The van der Waals surface area contributed by atoms with Gasteiger partial charge in [0.2, 0.25) is 0 Å². The van der Waals surface area contributed by atoms with Gasteiger partial charge in [-0.25, -0.2) is 0 Å². The van der Waals surface area contributed by atoms with Gasteiger partial charge in [-0.15, -0.1) is 5.10 Å². The van der Waals surface area contributed by atoms with Crippen molar-refractivity contribution in [2.45, 2.75) is 58.9 Å². The maximum Gasteiger partial charge on any atom is 0.113 e. The molecule has 0 aliphatic carbocycles. The van der Waals surface area contributed by atoms with Crippen molar-refractivity contribution in [3.63, 3.8) is 0 Å². The van der Waals surface area contributed by atoms with E-state index in [1.54, 1.807) is 0 Å². The molecular weight excluding hydrogens is 246 g/mol. The van der Waals surface area contributed by atoms with Crippen molar-refractivity contribution in [2.24, 2.45) is 0 Å². The van der Waals surface area contributed by atoms with Crippen LogP contribution in [-0.2, 0) is 6.54 Å². The Labute approximate surface area is 122 Å². The summed E-state index contributed by atoms with van der Waals surface area (Å²) in [5, 5.41) is 8.52. The van der Waals surface area contributed by atoms with Crippen molar-refractivity contribution < 1.29 is 0 Å². The van der Waals surface area contributed by atoms with Gasteiger partial charge in [0.25, 0.3) is 0 Å². The molecule has 0 spiro atoms. The average Bonchev–Trinajstić information content (AvgIpc) is 2.92. The van der Waals surface area contributed by atoms with Crippen molar-refractivity contribution in [2.75, 3.05) is 0 Å². The first-order chi connectivity index (χ1) is 9.81. The van der Waals surface area contributed by atoms with Crippen LogP contribution in [0, 0.1) is 6.92 Å². The Hall–Kier alpha value is -1.64. The first-order valence-corrected chi connectivity index (χ1v) is 7.77. The molecule has 108 valence electrons. The second kappa shape index (κ2) is 7.83. The zero-order chi connectivity index (χ0) is 14.2. The zero-order valence-electron chi connectivity index (χ0n) is 12.7. The van der Waals surface area contributed by atoms with Crippen molar-refractivity contribution in [3.05, 3.63) is 36.0 Å². The number of benzene rings is 1. The molecule has 0 fully saturated rings. The van der Waals surface area contributed by atoms with E-state index in [0.29, 0.717) is 0 Å². The standard InChI is InChI=1S/C17H25N3/c1-3-4-5-6-7-10-13-20-14-17(18-19-20)16-12-9-8-11-15(16)2/h8-9,11-12,14H,3-7,10,13H2,1-2H3. The van der Waals surface area contributed by atoms with Gasteiger partial charge in [-0.1, -0.05) is 68.5 Å². The first kappa shape index (κ1) is 14.8. The fraction of sp³-hybridized carbons (Fsp3) is 0.529. The third-order valence-corrected chi connectivity index (χ3v) is 3.70. The third kappa shape index (κ3) is 4.19. The molecule has 0 N–H and O–H groups in total. The SMILES string of the molecule is CCCCCCCCn1cc(-c2ccccc2C)nn1. The van der Waals surface area contributed by atoms with Crippen LogP contribution in [0.4, 0.5) is 0 Å². The van der Waals surface area contributed by atoms with Gasteiger partial charge in [-0.3, -0.25) is 4.68 Å². The second-order valence-electron chi connectivity index (χ2n) is 5.45. The third-order valence-electron chi connectivity index (χ3n) is 3.70. The van der Waals surface area contributed by atoms with Gasteiger partial charge < -0.3 is 0 Å². The highest BCUT2D eigenvalue weighted by molar-refractivity contribution is 5.61. The summed E-state index contributed by atoms with van der Waals surface area (Å²) in [4.78, 5) is 0. The molecule has 0 radical (unpaired) electrons. The molecule has 0 saturated heterocycles. The minimum Gasteiger partial charge on any atom is -0.252 e. The predicted octanol–water partition coefficient (Wildman–Crippen LogP) is 4.61. The summed E-state index contributed by atoms with van der Waals surface area (Å²) in [6.07, 6.45) is 9.92. The van der Waals surface area contributed by atoms with Crippen LogP contribution in [0.15, 0.2) is 30.5 Å². The molecule has 0 aliphatic heterocycles. The van der Waals surface area contributed by atoms with Crippen LogP contribution in [0.1, 0.15) is 51.0 Å². The molecule has 2 rings (SSSR count). The van der Waals surface area contributed by atoms with E-state index in [2.05, 4.69) is 54.6 Å². The Morgan fingerprint density at radius 2 is 1.75 bits per heavy atom. The molecule has 0 unspecified atom stereocenters. The minimum atomic E-state index is 0.977. The van der Waals surface area contributed by atoms with Crippen molar-refractivity contribution in [1.82, 2.24) is 15.0 Å². The lowest BCUT2D eigenvalue weighted by molar-refractivity contribution is 0.516. The minimum absolute atomic E-state index is 0.977. The first-order valence-electron chi connectivity index (χ1n) is 7.77. The number of unbranched alkanes of at least 4 members (excludes halogenated alkanes) is 5. The zero-order valence-corrected chi connectivity index (χ0v) is 12.7. The van der Waals surface area contributed by atoms with Gasteiger partial charge >= 0.3 is 0 Å². The molecule has 1 aromatic heterocycles. The van der Waals surface area contributed by atoms with Crippen molar-refractivity contribution >= 4 is 0 Å². The fourth-order valence-electron chi connectivity index (χ4n) is 2.45. The number of rotatable bonds is 8. The van der Waals surface area contributed by atoms with E-state index in [1.165, 1.54) is 49.7 Å². The molecule has 0 amide bonds. The predicted molar refractivity (Wildman–Crippen MR) is 83.6 cm³/mol. The Balaban J connectivity index is 1.82. The number of aryl methyl sites for hydroxylation is 2. The van der Waals surface area contributed by atoms with Crippen LogP contribution in [0.3, 0.4) is 0 Å². The molecule has 0 aliphatic rings. The number of hydrogen-bond acceptors (Lipinski definition) is 2. The van der Waals surface area contributed by atoms with E-state index in [-0.39, 0.29) is 0 Å². The molecule has 1 aromatic carbocycles. The summed E-state index contributed by atoms with van der Waals surface area (Å²) in [5.41, 5.74) is 3.41. The maximum absolute atomic E-state index is 4.29. The van der Waals surface area contributed by atoms with E-state index >= 15 is 0 Å². The van der Waals surface area contributed by atoms with Crippen LogP contribution >= 0.6 is 0 Å². The highest BCUT2D eigenvalue weighted by Crippen LogP contribution is 2.20. The van der Waals surface area contributed by atoms with Gasteiger partial charge in [0.15, 0.2) is 0 Å². The summed E-state index contributed by atoms with van der Waals surface area (Å²) in [6.45, 7) is 5.34. The van der Waals surface area contributed by atoms with Crippen LogP contribution in [-0.4, -0.2) is 15.0 Å². The van der Waals surface area contributed by atoms with Crippen molar-refractivity contribution in [1.29, 1.82) is 0 Å². The summed E-state index contributed by atoms with van der Waals surface area (Å²) in [6, 6.07) is 8.32. The second-order valence-corrected chi connectivity index (χ2v) is 5.45. The lowest BCUT2D eigenvalue weighted by atomic mass is 10.1. The van der Waals surface area contributed by atoms with E-state index in [4.69, 9.17) is 0 Å². The highest BCUT2D eigenvalue weighted by Gasteiger charge is 2.05. The molecule has 0 atom stereocenters. The average molecular weight is 271 g/mol. The topological polar surface area (TPSA) is 30.7 Å². The lowest BCUT2D eigenvalue weighted by Crippen LogP contribution is -1.98. The van der Waals surface area contributed by atoms with Gasteiger partial charge in [-0.2, -0.15) is 0 Å². The Kier molecular flexibility index (Phi) is 5.78. The molecule has 3 heteroatoms. The van der Waals surface area contributed by atoms with Gasteiger partial charge in [0.1, 0.15) is 5.69 Å². The Morgan fingerprint density at radius 1 is 1.00 bits per heavy atom. The molecule has 0 bridgehead atoms. The molecule has 20 heavy (non-hydrogen) atoms. The van der Waals surface area contributed by atoms with Crippen LogP contribution in [0.5, 0.6) is 0 Å². The maximum atomic E-state index is 4.29. The van der Waals surface area contributed by atoms with E-state index in [9.17, 15) is 0 Å². The summed E-state index contributed by atoms with van der Waals surface area (Å²) >= 11 is 0. The number of aromatic nitrogens is 3. The molecule has 1 heterocycles. The van der Waals surface area contributed by atoms with Gasteiger partial charge in [-0.05, 0) is 18.9 Å². The largest absolute Gasteiger partial charge is 0.252 e.